The molecule has 0 aliphatic carbocycles. The van der Waals surface area contributed by atoms with Crippen molar-refractivity contribution in [3.8, 4) is 0 Å². The van der Waals surface area contributed by atoms with E-state index in [-0.39, 0.29) is 0 Å². The Kier molecular flexibility index (Phi) is 13.7. The predicted molar refractivity (Wildman–Crippen MR) is 96.6 cm³/mol. The van der Waals surface area contributed by atoms with Gasteiger partial charge in [0.25, 0.3) is 0 Å². The van der Waals surface area contributed by atoms with Gasteiger partial charge >= 0.3 is 124 Å². The molecule has 0 amide bonds. The van der Waals surface area contributed by atoms with Gasteiger partial charge < -0.3 is 0 Å². The van der Waals surface area contributed by atoms with Crippen LogP contribution in [0.15, 0.2) is 0 Å². The van der Waals surface area contributed by atoms with Crippen LogP contribution < -0.4 is 0 Å². The van der Waals surface area contributed by atoms with Crippen molar-refractivity contribution < 1.29 is 0 Å². The van der Waals surface area contributed by atoms with E-state index in [4.69, 9.17) is 0 Å². The summed E-state index contributed by atoms with van der Waals surface area (Å²) in [4.78, 5) is 0. The third-order valence-electron chi connectivity index (χ3n) is 4.68. The molecule has 0 nitrogen and oxygen atoms in total. The van der Waals surface area contributed by atoms with E-state index in [0.29, 0.717) is 0 Å². The summed E-state index contributed by atoms with van der Waals surface area (Å²) in [6.07, 6.45) is 21.1. The van der Waals surface area contributed by atoms with Gasteiger partial charge in [0.05, 0.1) is 0 Å². The molecule has 0 radical (unpaired) electrons. The van der Waals surface area contributed by atoms with E-state index in [1.807, 2.05) is 0 Å². The van der Waals surface area contributed by atoms with Gasteiger partial charge in [-0.3, -0.25) is 0 Å². The number of unbranched alkanes of at least 4 members (excludes halogenated alkanes) is 6. The van der Waals surface area contributed by atoms with Gasteiger partial charge in [-0.15, -0.1) is 0 Å². The van der Waals surface area contributed by atoms with Crippen molar-refractivity contribution in [3.05, 3.63) is 0 Å². The Bertz CT molecular complexity index is 171. The number of rotatable bonds is 14. The molecule has 0 heterocycles. The molecule has 0 aromatic heterocycles. The van der Waals surface area contributed by atoms with Gasteiger partial charge in [0.2, 0.25) is 0 Å². The van der Waals surface area contributed by atoms with Gasteiger partial charge in [-0.05, 0) is 0 Å². The molecular weight excluding hydrogens is 247 g/mol. The Morgan fingerprint density at radius 3 is 1.42 bits per heavy atom. The second kappa shape index (κ2) is 13.4. The maximum atomic E-state index is 2.41. The molecular formula is C18H41P. The van der Waals surface area contributed by atoms with E-state index in [9.17, 15) is 0 Å². The van der Waals surface area contributed by atoms with E-state index in [2.05, 4.69) is 27.7 Å². The molecule has 0 aromatic rings. The van der Waals surface area contributed by atoms with Crippen molar-refractivity contribution in [2.75, 3.05) is 24.6 Å². The first-order valence-corrected chi connectivity index (χ1v) is 12.1. The van der Waals surface area contributed by atoms with E-state index < -0.39 is 7.26 Å². The normalized spacial score (nSPS) is 12.8. The standard InChI is InChI=1S/C18H41P/c1-5-9-11-12-13-14-18-19(15-7-3,16-8-4)17-10-6-2/h19H,5-18H2,1-4H3. The fraction of sp³-hybridized carbons (Fsp3) is 1.00. The van der Waals surface area contributed by atoms with Gasteiger partial charge in [0.15, 0.2) is 0 Å². The summed E-state index contributed by atoms with van der Waals surface area (Å²) in [7, 11) is -0.885. The van der Waals surface area contributed by atoms with Gasteiger partial charge in [-0.25, -0.2) is 0 Å². The molecule has 0 aromatic carbocycles. The second-order valence-corrected chi connectivity index (χ2v) is 11.6. The molecule has 0 saturated carbocycles. The molecule has 0 rings (SSSR count). The van der Waals surface area contributed by atoms with Crippen molar-refractivity contribution in [2.45, 2.75) is 91.9 Å². The minimum absolute atomic E-state index is 0.885. The van der Waals surface area contributed by atoms with Crippen LogP contribution in [0.3, 0.4) is 0 Å². The zero-order chi connectivity index (χ0) is 14.4. The topological polar surface area (TPSA) is 0 Å². The van der Waals surface area contributed by atoms with Crippen LogP contribution in [0.4, 0.5) is 0 Å². The first-order chi connectivity index (χ1) is 9.24. The van der Waals surface area contributed by atoms with Crippen molar-refractivity contribution in [1.29, 1.82) is 0 Å². The summed E-state index contributed by atoms with van der Waals surface area (Å²) in [5.74, 6) is 0. The van der Waals surface area contributed by atoms with Crippen LogP contribution in [-0.2, 0) is 0 Å². The third-order valence-corrected chi connectivity index (χ3v) is 10.6. The van der Waals surface area contributed by atoms with Gasteiger partial charge in [0, 0.05) is 0 Å². The molecule has 0 bridgehead atoms. The molecule has 0 fully saturated rings. The molecule has 0 unspecified atom stereocenters. The Hall–Kier alpha value is 0.430. The first-order valence-electron chi connectivity index (χ1n) is 9.24. The Morgan fingerprint density at radius 1 is 0.421 bits per heavy atom. The summed E-state index contributed by atoms with van der Waals surface area (Å²) in [6.45, 7) is 9.49. The van der Waals surface area contributed by atoms with E-state index >= 15 is 0 Å². The molecule has 19 heavy (non-hydrogen) atoms. The van der Waals surface area contributed by atoms with Crippen LogP contribution in [0.25, 0.3) is 0 Å². The molecule has 118 valence electrons. The van der Waals surface area contributed by atoms with Crippen molar-refractivity contribution in [3.63, 3.8) is 0 Å². The van der Waals surface area contributed by atoms with Gasteiger partial charge in [-0.2, -0.15) is 0 Å². The molecule has 0 N–H and O–H groups in total. The molecule has 0 saturated heterocycles. The quantitative estimate of drug-likeness (QED) is 0.246. The third kappa shape index (κ3) is 9.89. The SMILES string of the molecule is CCCCCCCC[PH](CCC)(CCC)CCCC. The molecule has 0 aliphatic rings. The first kappa shape index (κ1) is 19.4. The fourth-order valence-corrected chi connectivity index (χ4v) is 9.37. The summed E-state index contributed by atoms with van der Waals surface area (Å²) in [5.41, 5.74) is 0. The minimum atomic E-state index is -0.885. The zero-order valence-electron chi connectivity index (χ0n) is 14.4. The zero-order valence-corrected chi connectivity index (χ0v) is 15.4. The summed E-state index contributed by atoms with van der Waals surface area (Å²) in [6, 6.07) is 0. The van der Waals surface area contributed by atoms with Crippen LogP contribution in [0.1, 0.15) is 91.9 Å². The maximum absolute atomic E-state index is 2.41. The number of hydrogen-bond donors (Lipinski definition) is 0. The number of hydrogen-bond acceptors (Lipinski definition) is 0. The van der Waals surface area contributed by atoms with Crippen LogP contribution in [0, 0.1) is 0 Å². The molecule has 1 heteroatoms. The summed E-state index contributed by atoms with van der Waals surface area (Å²) in [5, 5.41) is 0. The average Bonchev–Trinajstić information content (AvgIpc) is 2.41. The van der Waals surface area contributed by atoms with Crippen molar-refractivity contribution in [1.82, 2.24) is 0 Å². The van der Waals surface area contributed by atoms with Gasteiger partial charge in [-0.1, -0.05) is 0 Å². The molecule has 0 aliphatic heterocycles. The Balaban J connectivity index is 4.06. The van der Waals surface area contributed by atoms with E-state index in [0.717, 1.165) is 0 Å². The van der Waals surface area contributed by atoms with Crippen LogP contribution in [0.5, 0.6) is 0 Å². The predicted octanol–water partition coefficient (Wildman–Crippen LogP) is 6.72. The Morgan fingerprint density at radius 2 is 0.895 bits per heavy atom. The fourth-order valence-electron chi connectivity index (χ4n) is 3.64. The van der Waals surface area contributed by atoms with Gasteiger partial charge in [0.1, 0.15) is 0 Å². The monoisotopic (exact) mass is 288 g/mol. The molecule has 0 atom stereocenters. The van der Waals surface area contributed by atoms with Crippen molar-refractivity contribution in [2.24, 2.45) is 0 Å². The van der Waals surface area contributed by atoms with E-state index in [1.54, 1.807) is 31.1 Å². The van der Waals surface area contributed by atoms with Crippen LogP contribution in [-0.4, -0.2) is 24.6 Å². The van der Waals surface area contributed by atoms with Crippen molar-refractivity contribution >= 4 is 7.26 Å². The molecule has 0 spiro atoms. The average molecular weight is 289 g/mol. The Labute approximate surface area is 124 Å². The van der Waals surface area contributed by atoms with E-state index in [1.165, 1.54) is 57.8 Å². The second-order valence-electron chi connectivity index (χ2n) is 6.62. The van der Waals surface area contributed by atoms with Crippen LogP contribution >= 0.6 is 7.26 Å². The summed E-state index contributed by atoms with van der Waals surface area (Å²) >= 11 is 0. The summed E-state index contributed by atoms with van der Waals surface area (Å²) < 4.78 is 0. The van der Waals surface area contributed by atoms with Crippen LogP contribution in [0.2, 0.25) is 0 Å².